The first kappa shape index (κ1) is 15.2. The van der Waals surface area contributed by atoms with Crippen LogP contribution in [0.4, 0.5) is 0 Å². The fourth-order valence-corrected chi connectivity index (χ4v) is 3.90. The van der Waals surface area contributed by atoms with E-state index in [-0.39, 0.29) is 18.1 Å². The van der Waals surface area contributed by atoms with Crippen LogP contribution in [0, 0.1) is 11.8 Å². The summed E-state index contributed by atoms with van der Waals surface area (Å²) in [6.07, 6.45) is 4.01. The van der Waals surface area contributed by atoms with E-state index in [0.717, 1.165) is 32.7 Å². The van der Waals surface area contributed by atoms with Gasteiger partial charge in [-0.15, -0.1) is 0 Å². The van der Waals surface area contributed by atoms with E-state index < -0.39 is 0 Å². The molecule has 126 valence electrons. The van der Waals surface area contributed by atoms with Crippen molar-refractivity contribution in [2.24, 2.45) is 11.8 Å². The number of H-pyrrole nitrogens is 1. The van der Waals surface area contributed by atoms with Crippen LogP contribution in [0.3, 0.4) is 0 Å². The van der Waals surface area contributed by atoms with Crippen molar-refractivity contribution in [3.8, 4) is 0 Å². The number of aromatic amines is 1. The summed E-state index contributed by atoms with van der Waals surface area (Å²) < 4.78 is 17.2. The van der Waals surface area contributed by atoms with Crippen molar-refractivity contribution in [3.05, 3.63) is 24.0 Å². The third-order valence-corrected chi connectivity index (χ3v) is 5.32. The SMILES string of the molecule is O=C(c1ccc[nH]1)N1C[C@@H](OCC2CCOCC2)[C@@H]2COC[C@@H]21. The third kappa shape index (κ3) is 3.03. The largest absolute Gasteiger partial charge is 0.381 e. The number of nitrogens with zero attached hydrogens (tertiary/aromatic N) is 1. The van der Waals surface area contributed by atoms with E-state index in [9.17, 15) is 4.79 Å². The number of likely N-dealkylation sites (tertiary alicyclic amines) is 1. The number of carbonyl (C=O) groups excluding carboxylic acids is 1. The van der Waals surface area contributed by atoms with Crippen LogP contribution < -0.4 is 0 Å². The van der Waals surface area contributed by atoms with Gasteiger partial charge in [0.2, 0.25) is 0 Å². The quantitative estimate of drug-likeness (QED) is 0.908. The number of aromatic nitrogens is 1. The lowest BCUT2D eigenvalue weighted by molar-refractivity contribution is -0.0252. The molecule has 3 atom stereocenters. The van der Waals surface area contributed by atoms with Gasteiger partial charge < -0.3 is 24.1 Å². The van der Waals surface area contributed by atoms with Gasteiger partial charge in [-0.2, -0.15) is 0 Å². The van der Waals surface area contributed by atoms with Gasteiger partial charge in [0, 0.05) is 31.9 Å². The minimum absolute atomic E-state index is 0.0488. The average Bonchev–Trinajstić information content (AvgIpc) is 3.31. The molecule has 0 spiro atoms. The number of ether oxygens (including phenoxy) is 3. The Morgan fingerprint density at radius 1 is 1.30 bits per heavy atom. The molecule has 3 aliphatic heterocycles. The van der Waals surface area contributed by atoms with Crippen LogP contribution >= 0.6 is 0 Å². The van der Waals surface area contributed by atoms with Crippen LogP contribution in [0.1, 0.15) is 23.3 Å². The van der Waals surface area contributed by atoms with Crippen molar-refractivity contribution >= 4 is 5.91 Å². The highest BCUT2D eigenvalue weighted by Crippen LogP contribution is 2.33. The third-order valence-electron chi connectivity index (χ3n) is 5.32. The molecule has 1 aromatic heterocycles. The van der Waals surface area contributed by atoms with Gasteiger partial charge in [-0.05, 0) is 30.9 Å². The topological polar surface area (TPSA) is 63.8 Å². The fourth-order valence-electron chi connectivity index (χ4n) is 3.90. The lowest BCUT2D eigenvalue weighted by Crippen LogP contribution is -2.38. The Morgan fingerprint density at radius 3 is 2.96 bits per heavy atom. The fraction of sp³-hybridized carbons (Fsp3) is 0.706. The van der Waals surface area contributed by atoms with Gasteiger partial charge in [-0.1, -0.05) is 0 Å². The lowest BCUT2D eigenvalue weighted by atomic mass is 10.00. The van der Waals surface area contributed by atoms with E-state index >= 15 is 0 Å². The zero-order chi connectivity index (χ0) is 15.6. The Kier molecular flexibility index (Phi) is 4.37. The van der Waals surface area contributed by atoms with Gasteiger partial charge in [0.05, 0.1) is 32.0 Å². The van der Waals surface area contributed by atoms with Gasteiger partial charge in [0.1, 0.15) is 5.69 Å². The number of amides is 1. The minimum atomic E-state index is 0.0488. The molecule has 0 saturated carbocycles. The Morgan fingerprint density at radius 2 is 2.17 bits per heavy atom. The van der Waals surface area contributed by atoms with Gasteiger partial charge in [0.25, 0.3) is 5.91 Å². The molecule has 0 aromatic carbocycles. The highest BCUT2D eigenvalue weighted by atomic mass is 16.5. The summed E-state index contributed by atoms with van der Waals surface area (Å²) in [4.78, 5) is 17.6. The molecule has 6 nitrogen and oxygen atoms in total. The first-order valence-electron chi connectivity index (χ1n) is 8.54. The Labute approximate surface area is 136 Å². The Bertz CT molecular complexity index is 527. The molecular formula is C17H24N2O4. The predicted octanol–water partition coefficient (Wildman–Crippen LogP) is 1.30. The van der Waals surface area contributed by atoms with Crippen LogP contribution in [0.2, 0.25) is 0 Å². The van der Waals surface area contributed by atoms with E-state index in [1.165, 1.54) is 0 Å². The van der Waals surface area contributed by atoms with Crippen molar-refractivity contribution in [3.63, 3.8) is 0 Å². The summed E-state index contributed by atoms with van der Waals surface area (Å²) in [6.45, 7) is 4.42. The number of rotatable bonds is 4. The molecule has 1 N–H and O–H groups in total. The molecule has 1 amide bonds. The van der Waals surface area contributed by atoms with E-state index in [2.05, 4.69) is 4.98 Å². The molecule has 0 aliphatic carbocycles. The zero-order valence-corrected chi connectivity index (χ0v) is 13.3. The highest BCUT2D eigenvalue weighted by Gasteiger charge is 2.48. The maximum atomic E-state index is 12.7. The first-order valence-corrected chi connectivity index (χ1v) is 8.54. The average molecular weight is 320 g/mol. The molecule has 0 bridgehead atoms. The molecular weight excluding hydrogens is 296 g/mol. The van der Waals surface area contributed by atoms with Crippen molar-refractivity contribution < 1.29 is 19.0 Å². The maximum Gasteiger partial charge on any atom is 0.270 e. The van der Waals surface area contributed by atoms with Crippen molar-refractivity contribution in [2.75, 3.05) is 39.6 Å². The molecule has 4 rings (SSSR count). The summed E-state index contributed by atoms with van der Waals surface area (Å²) in [5, 5.41) is 0. The van der Waals surface area contributed by atoms with Crippen LogP contribution in [0.25, 0.3) is 0 Å². The van der Waals surface area contributed by atoms with Crippen molar-refractivity contribution in [1.29, 1.82) is 0 Å². The number of fused-ring (bicyclic) bond motifs is 1. The summed E-state index contributed by atoms with van der Waals surface area (Å²) in [5.41, 5.74) is 0.640. The van der Waals surface area contributed by atoms with Gasteiger partial charge in [-0.3, -0.25) is 4.79 Å². The van der Waals surface area contributed by atoms with Crippen LogP contribution in [0.5, 0.6) is 0 Å². The molecule has 4 heterocycles. The molecule has 3 aliphatic rings. The summed E-state index contributed by atoms with van der Waals surface area (Å²) in [7, 11) is 0. The van der Waals surface area contributed by atoms with Crippen molar-refractivity contribution in [2.45, 2.75) is 25.0 Å². The van der Waals surface area contributed by atoms with Gasteiger partial charge >= 0.3 is 0 Å². The summed E-state index contributed by atoms with van der Waals surface area (Å²) in [5.74, 6) is 0.930. The molecule has 3 fully saturated rings. The number of carbonyl (C=O) groups is 1. The summed E-state index contributed by atoms with van der Waals surface area (Å²) in [6, 6.07) is 3.82. The second-order valence-electron chi connectivity index (χ2n) is 6.74. The van der Waals surface area contributed by atoms with Gasteiger partial charge in [0.15, 0.2) is 0 Å². The molecule has 0 unspecified atom stereocenters. The number of nitrogens with one attached hydrogen (secondary N) is 1. The van der Waals surface area contributed by atoms with E-state index in [1.54, 1.807) is 6.20 Å². The van der Waals surface area contributed by atoms with Crippen LogP contribution in [-0.4, -0.2) is 67.5 Å². The van der Waals surface area contributed by atoms with Crippen LogP contribution in [-0.2, 0) is 14.2 Å². The molecule has 1 aromatic rings. The monoisotopic (exact) mass is 320 g/mol. The second kappa shape index (κ2) is 6.63. The van der Waals surface area contributed by atoms with Crippen LogP contribution in [0.15, 0.2) is 18.3 Å². The molecule has 23 heavy (non-hydrogen) atoms. The Hall–Kier alpha value is -1.37. The second-order valence-corrected chi connectivity index (χ2v) is 6.74. The first-order chi connectivity index (χ1) is 11.3. The van der Waals surface area contributed by atoms with Crippen molar-refractivity contribution in [1.82, 2.24) is 9.88 Å². The number of hydrogen-bond acceptors (Lipinski definition) is 4. The van der Waals surface area contributed by atoms with Gasteiger partial charge in [-0.25, -0.2) is 0 Å². The minimum Gasteiger partial charge on any atom is -0.381 e. The maximum absolute atomic E-state index is 12.7. The zero-order valence-electron chi connectivity index (χ0n) is 13.3. The summed E-state index contributed by atoms with van der Waals surface area (Å²) >= 11 is 0. The molecule has 0 radical (unpaired) electrons. The predicted molar refractivity (Wildman–Crippen MR) is 83.2 cm³/mol. The lowest BCUT2D eigenvalue weighted by Gasteiger charge is -2.25. The normalized spacial score (nSPS) is 31.5. The van der Waals surface area contributed by atoms with E-state index in [0.29, 0.717) is 37.3 Å². The highest BCUT2D eigenvalue weighted by molar-refractivity contribution is 5.93. The Balaban J connectivity index is 1.39. The number of hydrogen-bond donors (Lipinski definition) is 1. The standard InChI is InChI=1S/C17H24N2O4/c20-17(14-2-1-5-18-14)19-8-16(13-10-22-11-15(13)19)23-9-12-3-6-21-7-4-12/h1-2,5,12-13,15-16,18H,3-4,6-11H2/t13-,15+,16-/m1/s1. The van der Waals surface area contributed by atoms with E-state index in [1.807, 2.05) is 17.0 Å². The smallest absolute Gasteiger partial charge is 0.270 e. The molecule has 3 saturated heterocycles. The molecule has 6 heteroatoms. The van der Waals surface area contributed by atoms with E-state index in [4.69, 9.17) is 14.2 Å².